The molecule has 1 N–H and O–H groups in total. The molecule has 7 nitrogen and oxygen atoms in total. The second-order valence-electron chi connectivity index (χ2n) is 7.79. The van der Waals surface area contributed by atoms with Gasteiger partial charge in [0.15, 0.2) is 0 Å². The molecule has 2 aromatic rings. The number of ether oxygens (including phenoxy) is 1. The van der Waals surface area contributed by atoms with Gasteiger partial charge in [0.1, 0.15) is 11.4 Å². The van der Waals surface area contributed by atoms with Gasteiger partial charge in [-0.2, -0.15) is 0 Å². The quantitative estimate of drug-likeness (QED) is 0.719. The van der Waals surface area contributed by atoms with E-state index in [0.29, 0.717) is 47.9 Å². The molecule has 2 aliphatic heterocycles. The molecule has 162 valence electrons. The number of rotatable bonds is 6. The molecule has 0 bridgehead atoms. The summed E-state index contributed by atoms with van der Waals surface area (Å²) in [5.41, 5.74) is 3.12. The highest BCUT2D eigenvalue weighted by molar-refractivity contribution is 6.45. The van der Waals surface area contributed by atoms with E-state index in [1.165, 1.54) is 4.90 Å². The van der Waals surface area contributed by atoms with E-state index >= 15 is 0 Å². The van der Waals surface area contributed by atoms with Crippen molar-refractivity contribution in [1.82, 2.24) is 9.80 Å². The van der Waals surface area contributed by atoms with Crippen molar-refractivity contribution in [1.29, 1.82) is 0 Å². The Morgan fingerprint density at radius 1 is 0.968 bits per heavy atom. The lowest BCUT2D eigenvalue weighted by Gasteiger charge is -2.36. The fraction of sp³-hybridized carbons (Fsp3) is 0.333. The summed E-state index contributed by atoms with van der Waals surface area (Å²) in [5.74, 6) is 0.0846. The Balaban J connectivity index is 1.74. The molecule has 1 fully saturated rings. The van der Waals surface area contributed by atoms with Crippen molar-refractivity contribution in [3.63, 3.8) is 0 Å². The normalized spacial score (nSPS) is 17.6. The third-order valence-electron chi connectivity index (χ3n) is 5.80. The van der Waals surface area contributed by atoms with Gasteiger partial charge >= 0.3 is 0 Å². The molecule has 2 aromatic carbocycles. The lowest BCUT2D eigenvalue weighted by atomic mass is 10.0. The SMILES string of the molecule is COc1ccc(C2=C(N3CCN(CCO)CC3)C(=O)N(c3cccc(C)c3)C2=O)cc1. The highest BCUT2D eigenvalue weighted by Crippen LogP contribution is 2.35. The smallest absolute Gasteiger partial charge is 0.282 e. The Labute approximate surface area is 182 Å². The number of β-amino-alcohol motifs (C(OH)–C–C–N with tert-alkyl or cyclic N) is 1. The number of imide groups is 1. The summed E-state index contributed by atoms with van der Waals surface area (Å²) in [7, 11) is 1.59. The Hall–Kier alpha value is -3.16. The third-order valence-corrected chi connectivity index (χ3v) is 5.80. The average molecular weight is 421 g/mol. The number of piperazine rings is 1. The van der Waals surface area contributed by atoms with Crippen LogP contribution in [0.15, 0.2) is 54.2 Å². The van der Waals surface area contributed by atoms with E-state index in [2.05, 4.69) is 4.90 Å². The molecule has 1 saturated heterocycles. The van der Waals surface area contributed by atoms with Crippen molar-refractivity contribution >= 4 is 23.1 Å². The Morgan fingerprint density at radius 2 is 1.68 bits per heavy atom. The molecule has 0 atom stereocenters. The first kappa shape index (κ1) is 21.1. The van der Waals surface area contributed by atoms with Crippen LogP contribution in [0.4, 0.5) is 5.69 Å². The first-order chi connectivity index (χ1) is 15.0. The van der Waals surface area contributed by atoms with E-state index in [9.17, 15) is 14.7 Å². The van der Waals surface area contributed by atoms with Crippen LogP contribution in [0, 0.1) is 6.92 Å². The first-order valence-electron chi connectivity index (χ1n) is 10.5. The minimum Gasteiger partial charge on any atom is -0.497 e. The summed E-state index contributed by atoms with van der Waals surface area (Å²) in [5, 5.41) is 9.21. The second kappa shape index (κ2) is 8.91. The van der Waals surface area contributed by atoms with Crippen molar-refractivity contribution in [2.24, 2.45) is 0 Å². The standard InChI is InChI=1S/C24H27N3O4/c1-17-4-3-5-19(16-17)27-23(29)21(18-6-8-20(31-2)9-7-18)22(24(27)30)26-12-10-25(11-13-26)14-15-28/h3-9,16,28H,10-15H2,1-2H3. The number of aliphatic hydroxyl groups is 1. The van der Waals surface area contributed by atoms with Crippen molar-refractivity contribution in [3.8, 4) is 5.75 Å². The van der Waals surface area contributed by atoms with Crippen LogP contribution in [0.25, 0.3) is 5.57 Å². The number of carbonyl (C=O) groups is 2. The topological polar surface area (TPSA) is 73.3 Å². The Morgan fingerprint density at radius 3 is 2.29 bits per heavy atom. The molecule has 0 saturated carbocycles. The van der Waals surface area contributed by atoms with E-state index in [1.807, 2.05) is 42.2 Å². The van der Waals surface area contributed by atoms with Crippen molar-refractivity contribution in [2.45, 2.75) is 6.92 Å². The molecule has 2 aliphatic rings. The predicted molar refractivity (Wildman–Crippen MR) is 119 cm³/mol. The number of benzene rings is 2. The predicted octanol–water partition coefficient (Wildman–Crippen LogP) is 1.90. The first-order valence-corrected chi connectivity index (χ1v) is 10.5. The minimum atomic E-state index is -0.312. The lowest BCUT2D eigenvalue weighted by molar-refractivity contribution is -0.120. The second-order valence-corrected chi connectivity index (χ2v) is 7.79. The minimum absolute atomic E-state index is 0.109. The van der Waals surface area contributed by atoms with Gasteiger partial charge in [0, 0.05) is 32.7 Å². The molecule has 0 aromatic heterocycles. The van der Waals surface area contributed by atoms with Crippen LogP contribution in [0.2, 0.25) is 0 Å². The van der Waals surface area contributed by atoms with E-state index < -0.39 is 0 Å². The zero-order valence-corrected chi connectivity index (χ0v) is 17.9. The largest absolute Gasteiger partial charge is 0.497 e. The number of methoxy groups -OCH3 is 1. The maximum atomic E-state index is 13.6. The zero-order valence-electron chi connectivity index (χ0n) is 17.9. The summed E-state index contributed by atoms with van der Waals surface area (Å²) in [6, 6.07) is 14.7. The number of amides is 2. The molecule has 0 aliphatic carbocycles. The molecule has 2 amide bonds. The van der Waals surface area contributed by atoms with Crippen LogP contribution in [0.3, 0.4) is 0 Å². The molecular weight excluding hydrogens is 394 g/mol. The molecule has 7 heteroatoms. The fourth-order valence-corrected chi connectivity index (χ4v) is 4.17. The number of anilines is 1. The number of nitrogens with zero attached hydrogens (tertiary/aromatic N) is 3. The van der Waals surface area contributed by atoms with Crippen LogP contribution in [-0.2, 0) is 9.59 Å². The van der Waals surface area contributed by atoms with Crippen LogP contribution in [0.1, 0.15) is 11.1 Å². The number of hydrogen-bond donors (Lipinski definition) is 1. The number of carbonyl (C=O) groups excluding carboxylic acids is 2. The molecule has 0 spiro atoms. The summed E-state index contributed by atoms with van der Waals surface area (Å²) in [4.78, 5) is 32.6. The molecule has 2 heterocycles. The van der Waals surface area contributed by atoms with Gasteiger partial charge in [0.05, 0.1) is 25.0 Å². The lowest BCUT2D eigenvalue weighted by Crippen LogP contribution is -2.48. The average Bonchev–Trinajstić information content (AvgIpc) is 3.04. The van der Waals surface area contributed by atoms with Gasteiger partial charge < -0.3 is 14.7 Å². The van der Waals surface area contributed by atoms with Crippen molar-refractivity contribution < 1.29 is 19.4 Å². The van der Waals surface area contributed by atoms with E-state index in [-0.39, 0.29) is 18.4 Å². The fourth-order valence-electron chi connectivity index (χ4n) is 4.17. The number of aryl methyl sites for hydroxylation is 1. The molecular formula is C24H27N3O4. The van der Waals surface area contributed by atoms with Gasteiger partial charge in [-0.15, -0.1) is 0 Å². The van der Waals surface area contributed by atoms with Gasteiger partial charge in [0.2, 0.25) is 0 Å². The Kier molecular flexibility index (Phi) is 6.06. The highest BCUT2D eigenvalue weighted by atomic mass is 16.5. The van der Waals surface area contributed by atoms with E-state index in [0.717, 1.165) is 18.7 Å². The summed E-state index contributed by atoms with van der Waals surface area (Å²) in [6.45, 7) is 5.36. The maximum Gasteiger partial charge on any atom is 0.282 e. The van der Waals surface area contributed by atoms with Crippen LogP contribution in [-0.4, -0.2) is 73.2 Å². The maximum absolute atomic E-state index is 13.6. The summed E-state index contributed by atoms with van der Waals surface area (Å²) < 4.78 is 5.25. The van der Waals surface area contributed by atoms with Crippen LogP contribution in [0.5, 0.6) is 5.75 Å². The number of aliphatic hydroxyl groups excluding tert-OH is 1. The number of hydrogen-bond acceptors (Lipinski definition) is 6. The summed E-state index contributed by atoms with van der Waals surface area (Å²) >= 11 is 0. The van der Waals surface area contributed by atoms with E-state index in [4.69, 9.17) is 4.74 Å². The van der Waals surface area contributed by atoms with Gasteiger partial charge in [-0.05, 0) is 42.3 Å². The van der Waals surface area contributed by atoms with E-state index in [1.54, 1.807) is 25.3 Å². The van der Waals surface area contributed by atoms with Crippen LogP contribution < -0.4 is 9.64 Å². The van der Waals surface area contributed by atoms with Crippen molar-refractivity contribution in [2.75, 3.05) is 51.3 Å². The van der Waals surface area contributed by atoms with Gasteiger partial charge in [-0.25, -0.2) is 4.90 Å². The van der Waals surface area contributed by atoms with Crippen LogP contribution >= 0.6 is 0 Å². The molecule has 31 heavy (non-hydrogen) atoms. The van der Waals surface area contributed by atoms with Crippen molar-refractivity contribution in [3.05, 3.63) is 65.4 Å². The highest BCUT2D eigenvalue weighted by Gasteiger charge is 2.43. The summed E-state index contributed by atoms with van der Waals surface area (Å²) in [6.07, 6.45) is 0. The monoisotopic (exact) mass is 421 g/mol. The Bertz CT molecular complexity index is 1010. The third kappa shape index (κ3) is 4.06. The zero-order chi connectivity index (χ0) is 22.0. The van der Waals surface area contributed by atoms with Gasteiger partial charge in [0.25, 0.3) is 11.8 Å². The van der Waals surface area contributed by atoms with Gasteiger partial charge in [-0.1, -0.05) is 24.3 Å². The molecule has 0 unspecified atom stereocenters. The molecule has 4 rings (SSSR count). The van der Waals surface area contributed by atoms with Gasteiger partial charge in [-0.3, -0.25) is 14.5 Å². The molecule has 0 radical (unpaired) electrons.